The molecule has 5 heteroatoms. The van der Waals surface area contributed by atoms with E-state index in [-0.39, 0.29) is 11.7 Å². The van der Waals surface area contributed by atoms with Gasteiger partial charge in [-0.25, -0.2) is 0 Å². The Morgan fingerprint density at radius 1 is 1.60 bits per heavy atom. The van der Waals surface area contributed by atoms with Crippen LogP contribution in [0.25, 0.3) is 0 Å². The summed E-state index contributed by atoms with van der Waals surface area (Å²) in [6.45, 7) is 2.45. The first-order valence-electron chi connectivity index (χ1n) is 4.81. The monoisotopic (exact) mass is 246 g/mol. The SMILES string of the molecule is CCCCOC(=O)CS(=O)c1cccs1. The molecular weight excluding hydrogens is 232 g/mol. The molecular formula is C10H14O3S2. The van der Waals surface area contributed by atoms with Crippen LogP contribution in [0, 0.1) is 0 Å². The van der Waals surface area contributed by atoms with Gasteiger partial charge in [0, 0.05) is 0 Å². The van der Waals surface area contributed by atoms with E-state index < -0.39 is 10.8 Å². The van der Waals surface area contributed by atoms with Gasteiger partial charge in [-0.2, -0.15) is 0 Å². The molecule has 0 saturated heterocycles. The number of carbonyl (C=O) groups excluding carboxylic acids is 1. The molecule has 1 aromatic heterocycles. The third-order valence-corrected chi connectivity index (χ3v) is 4.32. The summed E-state index contributed by atoms with van der Waals surface area (Å²) in [7, 11) is -1.24. The average molecular weight is 246 g/mol. The molecule has 1 heterocycles. The topological polar surface area (TPSA) is 43.4 Å². The van der Waals surface area contributed by atoms with Gasteiger partial charge >= 0.3 is 5.97 Å². The molecule has 0 saturated carbocycles. The van der Waals surface area contributed by atoms with Crippen molar-refractivity contribution in [3.05, 3.63) is 17.5 Å². The fourth-order valence-corrected chi connectivity index (χ4v) is 2.83. The van der Waals surface area contributed by atoms with E-state index in [0.29, 0.717) is 6.61 Å². The highest BCUT2D eigenvalue weighted by Crippen LogP contribution is 2.13. The van der Waals surface area contributed by atoms with Crippen molar-refractivity contribution in [2.75, 3.05) is 12.4 Å². The number of unbranched alkanes of at least 4 members (excludes halogenated alkanes) is 1. The maximum Gasteiger partial charge on any atom is 0.318 e. The van der Waals surface area contributed by atoms with Gasteiger partial charge in [-0.05, 0) is 17.9 Å². The second-order valence-electron chi connectivity index (χ2n) is 3.00. The van der Waals surface area contributed by atoms with Gasteiger partial charge in [0.25, 0.3) is 0 Å². The van der Waals surface area contributed by atoms with E-state index in [1.54, 1.807) is 6.07 Å². The minimum atomic E-state index is -1.24. The molecule has 0 fully saturated rings. The van der Waals surface area contributed by atoms with Crippen LogP contribution in [0.15, 0.2) is 21.7 Å². The van der Waals surface area contributed by atoms with Crippen molar-refractivity contribution in [2.24, 2.45) is 0 Å². The van der Waals surface area contributed by atoms with E-state index in [1.165, 1.54) is 11.3 Å². The fraction of sp³-hybridized carbons (Fsp3) is 0.500. The summed E-state index contributed by atoms with van der Waals surface area (Å²) in [5.74, 6) is -0.417. The Labute approximate surface area is 95.9 Å². The van der Waals surface area contributed by atoms with Gasteiger partial charge in [0.2, 0.25) is 0 Å². The van der Waals surface area contributed by atoms with Crippen LogP contribution in [0.3, 0.4) is 0 Å². The van der Waals surface area contributed by atoms with Crippen LogP contribution in [0.5, 0.6) is 0 Å². The Balaban J connectivity index is 2.29. The molecule has 0 amide bonds. The van der Waals surface area contributed by atoms with Gasteiger partial charge in [-0.15, -0.1) is 11.3 Å². The third kappa shape index (κ3) is 4.57. The minimum Gasteiger partial charge on any atom is -0.465 e. The number of esters is 1. The third-order valence-electron chi connectivity index (χ3n) is 1.73. The van der Waals surface area contributed by atoms with Crippen LogP contribution in [-0.4, -0.2) is 22.5 Å². The standard InChI is InChI=1S/C10H14O3S2/c1-2-3-6-13-9(11)8-15(12)10-5-4-7-14-10/h4-5,7H,2-3,6,8H2,1H3. The van der Waals surface area contributed by atoms with E-state index in [9.17, 15) is 9.00 Å². The Bertz CT molecular complexity index is 319. The molecule has 0 aromatic carbocycles. The number of ether oxygens (including phenoxy) is 1. The van der Waals surface area contributed by atoms with Gasteiger partial charge in [0.15, 0.2) is 0 Å². The largest absolute Gasteiger partial charge is 0.465 e. The molecule has 1 rings (SSSR count). The zero-order valence-corrected chi connectivity index (χ0v) is 10.2. The summed E-state index contributed by atoms with van der Waals surface area (Å²) in [6, 6.07) is 3.58. The molecule has 0 aliphatic rings. The van der Waals surface area contributed by atoms with Crippen LogP contribution in [0.1, 0.15) is 19.8 Å². The highest BCUT2D eigenvalue weighted by Gasteiger charge is 2.11. The maximum atomic E-state index is 11.6. The molecule has 0 N–H and O–H groups in total. The molecule has 0 aliphatic carbocycles. The quantitative estimate of drug-likeness (QED) is 0.571. The fourth-order valence-electron chi connectivity index (χ4n) is 0.943. The first kappa shape index (κ1) is 12.4. The van der Waals surface area contributed by atoms with Crippen LogP contribution in [0.4, 0.5) is 0 Å². The molecule has 3 nitrogen and oxygen atoms in total. The number of carbonyl (C=O) groups is 1. The lowest BCUT2D eigenvalue weighted by Crippen LogP contribution is -2.14. The van der Waals surface area contributed by atoms with E-state index in [4.69, 9.17) is 4.74 Å². The van der Waals surface area contributed by atoms with Gasteiger partial charge in [0.1, 0.15) is 5.75 Å². The summed E-state index contributed by atoms with van der Waals surface area (Å²) in [4.78, 5) is 11.2. The Kier molecular flexibility index (Phi) is 5.57. The van der Waals surface area contributed by atoms with E-state index in [1.807, 2.05) is 18.4 Å². The van der Waals surface area contributed by atoms with Crippen molar-refractivity contribution >= 4 is 28.1 Å². The lowest BCUT2D eigenvalue weighted by atomic mass is 10.4. The number of hydrogen-bond acceptors (Lipinski definition) is 4. The summed E-state index contributed by atoms with van der Waals surface area (Å²) in [5.41, 5.74) is 0. The zero-order chi connectivity index (χ0) is 11.1. The molecule has 84 valence electrons. The van der Waals surface area contributed by atoms with E-state index >= 15 is 0 Å². The van der Waals surface area contributed by atoms with Crippen molar-refractivity contribution in [1.82, 2.24) is 0 Å². The predicted molar refractivity (Wildman–Crippen MR) is 61.5 cm³/mol. The highest BCUT2D eigenvalue weighted by atomic mass is 32.2. The summed E-state index contributed by atoms with van der Waals surface area (Å²) in [5, 5.41) is 1.84. The zero-order valence-electron chi connectivity index (χ0n) is 8.60. The lowest BCUT2D eigenvalue weighted by Gasteiger charge is -2.02. The molecule has 0 bridgehead atoms. The second kappa shape index (κ2) is 6.74. The summed E-state index contributed by atoms with van der Waals surface area (Å²) < 4.78 is 17.2. The average Bonchev–Trinajstić information content (AvgIpc) is 2.70. The number of rotatable bonds is 6. The number of thiophene rings is 1. The van der Waals surface area contributed by atoms with Crippen LogP contribution in [-0.2, 0) is 20.3 Å². The molecule has 1 atom stereocenters. The minimum absolute atomic E-state index is 0.0375. The maximum absolute atomic E-state index is 11.6. The van der Waals surface area contributed by atoms with Gasteiger partial charge < -0.3 is 4.74 Å². The molecule has 1 unspecified atom stereocenters. The molecule has 0 spiro atoms. The van der Waals surface area contributed by atoms with Crippen molar-refractivity contribution in [2.45, 2.75) is 24.0 Å². The van der Waals surface area contributed by atoms with E-state index in [0.717, 1.165) is 17.1 Å². The highest BCUT2D eigenvalue weighted by molar-refractivity contribution is 7.88. The van der Waals surface area contributed by atoms with Gasteiger partial charge in [-0.3, -0.25) is 9.00 Å². The second-order valence-corrected chi connectivity index (χ2v) is 5.62. The van der Waals surface area contributed by atoms with Crippen LogP contribution in [0.2, 0.25) is 0 Å². The normalized spacial score (nSPS) is 12.3. The summed E-state index contributed by atoms with van der Waals surface area (Å²) >= 11 is 1.39. The Hall–Kier alpha value is -0.680. The van der Waals surface area contributed by atoms with Crippen molar-refractivity contribution in [3.8, 4) is 0 Å². The van der Waals surface area contributed by atoms with Crippen molar-refractivity contribution < 1.29 is 13.7 Å². The first-order valence-corrected chi connectivity index (χ1v) is 7.01. The molecule has 0 aliphatic heterocycles. The Morgan fingerprint density at radius 3 is 3.00 bits per heavy atom. The molecule has 15 heavy (non-hydrogen) atoms. The van der Waals surface area contributed by atoms with Crippen molar-refractivity contribution in [3.63, 3.8) is 0 Å². The van der Waals surface area contributed by atoms with Gasteiger partial charge in [0.05, 0.1) is 21.6 Å². The van der Waals surface area contributed by atoms with Crippen LogP contribution < -0.4 is 0 Å². The summed E-state index contributed by atoms with van der Waals surface area (Å²) in [6.07, 6.45) is 1.85. The smallest absolute Gasteiger partial charge is 0.318 e. The van der Waals surface area contributed by atoms with Crippen LogP contribution >= 0.6 is 11.3 Å². The lowest BCUT2D eigenvalue weighted by molar-refractivity contribution is -0.140. The predicted octanol–water partition coefficient (Wildman–Crippen LogP) is 2.20. The van der Waals surface area contributed by atoms with Crippen molar-refractivity contribution in [1.29, 1.82) is 0 Å². The molecule has 1 aromatic rings. The first-order chi connectivity index (χ1) is 7.24. The number of hydrogen-bond donors (Lipinski definition) is 0. The Morgan fingerprint density at radius 2 is 2.40 bits per heavy atom. The van der Waals surface area contributed by atoms with Gasteiger partial charge in [-0.1, -0.05) is 19.4 Å². The molecule has 0 radical (unpaired) electrons. The van der Waals surface area contributed by atoms with E-state index in [2.05, 4.69) is 0 Å².